The van der Waals surface area contributed by atoms with Crippen LogP contribution in [-0.2, 0) is 22.6 Å². The Morgan fingerprint density at radius 1 is 0.889 bits per heavy atom. The highest BCUT2D eigenvalue weighted by molar-refractivity contribution is 5.88. The Morgan fingerprint density at radius 2 is 1.53 bits per heavy atom. The zero-order chi connectivity index (χ0) is 25.8. The normalized spacial score (nSPS) is 12.4. The summed E-state index contributed by atoms with van der Waals surface area (Å²) in [7, 11) is 0. The molecule has 0 radical (unpaired) electrons. The van der Waals surface area contributed by atoms with Gasteiger partial charge >= 0.3 is 0 Å². The van der Waals surface area contributed by atoms with Crippen LogP contribution < -0.4 is 10.1 Å². The number of rotatable bonds is 13. The Balaban J connectivity index is 1.80. The van der Waals surface area contributed by atoms with Gasteiger partial charge in [0.15, 0.2) is 0 Å². The number of hydrogen-bond donors (Lipinski definition) is 1. The van der Waals surface area contributed by atoms with E-state index in [0.717, 1.165) is 28.9 Å². The van der Waals surface area contributed by atoms with Gasteiger partial charge in [-0.05, 0) is 49.9 Å². The molecule has 0 aliphatic heterocycles. The van der Waals surface area contributed by atoms with Crippen molar-refractivity contribution in [1.29, 1.82) is 0 Å². The maximum Gasteiger partial charge on any atom is 0.243 e. The number of ether oxygens (including phenoxy) is 1. The van der Waals surface area contributed by atoms with E-state index in [4.69, 9.17) is 4.74 Å². The summed E-state index contributed by atoms with van der Waals surface area (Å²) in [5.41, 5.74) is 3.19. The number of carbonyl (C=O) groups excluding carboxylic acids is 2. The molecule has 0 fully saturated rings. The van der Waals surface area contributed by atoms with Crippen molar-refractivity contribution in [1.82, 2.24) is 10.2 Å². The van der Waals surface area contributed by atoms with E-state index in [0.29, 0.717) is 32.4 Å². The average Bonchev–Trinajstić information content (AvgIpc) is 2.90. The van der Waals surface area contributed by atoms with Gasteiger partial charge in [-0.25, -0.2) is 0 Å². The number of hydrogen-bond acceptors (Lipinski definition) is 3. The van der Waals surface area contributed by atoms with Crippen LogP contribution in [0.5, 0.6) is 5.75 Å². The van der Waals surface area contributed by atoms with Crippen LogP contribution in [0.2, 0.25) is 0 Å². The molecule has 3 aromatic rings. The number of nitrogens with zero attached hydrogens (tertiary/aromatic N) is 1. The molecule has 1 N–H and O–H groups in total. The quantitative estimate of drug-likeness (QED) is 0.315. The first kappa shape index (κ1) is 27.0. The Morgan fingerprint density at radius 3 is 2.17 bits per heavy atom. The summed E-state index contributed by atoms with van der Waals surface area (Å²) >= 11 is 0. The highest BCUT2D eigenvalue weighted by Crippen LogP contribution is 2.18. The summed E-state index contributed by atoms with van der Waals surface area (Å²) in [5, 5.41) is 3.11. The van der Waals surface area contributed by atoms with Crippen LogP contribution in [0, 0.1) is 6.92 Å². The largest absolute Gasteiger partial charge is 0.494 e. The highest BCUT2D eigenvalue weighted by atomic mass is 16.5. The van der Waals surface area contributed by atoms with Crippen LogP contribution >= 0.6 is 0 Å². The zero-order valence-electron chi connectivity index (χ0n) is 21.7. The molecule has 2 atom stereocenters. The van der Waals surface area contributed by atoms with Crippen molar-refractivity contribution in [2.45, 2.75) is 65.1 Å². The highest BCUT2D eigenvalue weighted by Gasteiger charge is 2.30. The lowest BCUT2D eigenvalue weighted by Crippen LogP contribution is -2.52. The van der Waals surface area contributed by atoms with Crippen molar-refractivity contribution >= 4 is 11.8 Å². The van der Waals surface area contributed by atoms with E-state index in [1.54, 1.807) is 4.90 Å². The van der Waals surface area contributed by atoms with Gasteiger partial charge in [0.1, 0.15) is 11.8 Å². The average molecular weight is 487 g/mol. The SMILES string of the molecule is CC[C@@H](C)NC(=O)[C@H](Cc1ccccc1)N(Cc1ccc(C)cc1)C(=O)CCCOc1ccccc1. The molecule has 2 amide bonds. The molecule has 0 unspecified atom stereocenters. The maximum atomic E-state index is 13.6. The molecule has 0 saturated carbocycles. The van der Waals surface area contributed by atoms with E-state index in [-0.39, 0.29) is 17.9 Å². The Kier molecular flexibility index (Phi) is 10.6. The second kappa shape index (κ2) is 14.1. The molecular formula is C31H38N2O3. The molecule has 36 heavy (non-hydrogen) atoms. The Hall–Kier alpha value is -3.60. The molecule has 0 saturated heterocycles. The first-order valence-electron chi connectivity index (χ1n) is 12.8. The van der Waals surface area contributed by atoms with Crippen LogP contribution in [0.1, 0.15) is 49.8 Å². The maximum absolute atomic E-state index is 13.6. The summed E-state index contributed by atoms with van der Waals surface area (Å²) < 4.78 is 5.79. The molecule has 5 heteroatoms. The summed E-state index contributed by atoms with van der Waals surface area (Å²) in [6.45, 7) is 6.89. The van der Waals surface area contributed by atoms with E-state index < -0.39 is 6.04 Å². The minimum absolute atomic E-state index is 0.0337. The number of nitrogens with one attached hydrogen (secondary N) is 1. The van der Waals surface area contributed by atoms with Gasteiger partial charge in [0.25, 0.3) is 0 Å². The van der Waals surface area contributed by atoms with E-state index >= 15 is 0 Å². The second-order valence-electron chi connectivity index (χ2n) is 9.30. The number of amides is 2. The number of benzene rings is 3. The molecule has 0 bridgehead atoms. The number of carbonyl (C=O) groups is 2. The third kappa shape index (κ3) is 8.56. The monoisotopic (exact) mass is 486 g/mol. The van der Waals surface area contributed by atoms with Gasteiger partial charge in [-0.15, -0.1) is 0 Å². The summed E-state index contributed by atoms with van der Waals surface area (Å²) in [6, 6.07) is 27.1. The van der Waals surface area contributed by atoms with Crippen LogP contribution in [-0.4, -0.2) is 35.4 Å². The molecule has 190 valence electrons. The molecule has 0 heterocycles. The van der Waals surface area contributed by atoms with E-state index in [9.17, 15) is 9.59 Å². The molecular weight excluding hydrogens is 448 g/mol. The summed E-state index contributed by atoms with van der Waals surface area (Å²) in [6.07, 6.45) is 2.16. The zero-order valence-corrected chi connectivity index (χ0v) is 21.7. The van der Waals surface area contributed by atoms with Gasteiger partial charge in [0.05, 0.1) is 6.61 Å². The van der Waals surface area contributed by atoms with Crippen molar-refractivity contribution in [3.8, 4) is 5.75 Å². The second-order valence-corrected chi connectivity index (χ2v) is 9.30. The van der Waals surface area contributed by atoms with Crippen LogP contribution in [0.15, 0.2) is 84.9 Å². The van der Waals surface area contributed by atoms with Gasteiger partial charge in [-0.1, -0.05) is 85.3 Å². The molecule has 0 spiro atoms. The predicted molar refractivity (Wildman–Crippen MR) is 145 cm³/mol. The lowest BCUT2D eigenvalue weighted by atomic mass is 10.0. The molecule has 0 aliphatic carbocycles. The molecule has 3 rings (SSSR count). The fraction of sp³-hybridized carbons (Fsp3) is 0.355. The molecule has 0 aliphatic rings. The Labute approximate surface area is 215 Å². The smallest absolute Gasteiger partial charge is 0.243 e. The van der Waals surface area contributed by atoms with Crippen LogP contribution in [0.4, 0.5) is 0 Å². The van der Waals surface area contributed by atoms with Gasteiger partial charge in [0.2, 0.25) is 11.8 Å². The minimum Gasteiger partial charge on any atom is -0.494 e. The summed E-state index contributed by atoms with van der Waals surface area (Å²) in [4.78, 5) is 28.8. The van der Waals surface area contributed by atoms with E-state index in [2.05, 4.69) is 5.32 Å². The topological polar surface area (TPSA) is 58.6 Å². The number of para-hydroxylation sites is 1. The fourth-order valence-corrected chi connectivity index (χ4v) is 3.96. The standard InChI is InChI=1S/C31H38N2O3/c1-4-25(3)32-31(35)29(22-26-12-7-5-8-13-26)33(23-27-19-17-24(2)18-20-27)30(34)16-11-21-36-28-14-9-6-10-15-28/h5-10,12-15,17-20,25,29H,4,11,16,21-23H2,1-3H3,(H,32,35)/t25-,29+/m1/s1. The van der Waals surface area contributed by atoms with E-state index in [1.807, 2.05) is 106 Å². The lowest BCUT2D eigenvalue weighted by Gasteiger charge is -2.32. The Bertz CT molecular complexity index is 1070. The van der Waals surface area contributed by atoms with Crippen molar-refractivity contribution in [2.75, 3.05) is 6.61 Å². The number of aryl methyl sites for hydroxylation is 1. The minimum atomic E-state index is -0.606. The lowest BCUT2D eigenvalue weighted by molar-refractivity contribution is -0.141. The third-order valence-corrected chi connectivity index (χ3v) is 6.29. The third-order valence-electron chi connectivity index (χ3n) is 6.29. The van der Waals surface area contributed by atoms with Gasteiger partial charge in [0, 0.05) is 25.4 Å². The van der Waals surface area contributed by atoms with Crippen LogP contribution in [0.25, 0.3) is 0 Å². The van der Waals surface area contributed by atoms with Gasteiger partial charge < -0.3 is 15.0 Å². The molecule has 5 nitrogen and oxygen atoms in total. The summed E-state index contributed by atoms with van der Waals surface area (Å²) in [5.74, 6) is 0.623. The van der Waals surface area contributed by atoms with Crippen molar-refractivity contribution in [2.24, 2.45) is 0 Å². The van der Waals surface area contributed by atoms with Gasteiger partial charge in [-0.2, -0.15) is 0 Å². The molecule has 0 aromatic heterocycles. The fourth-order valence-electron chi connectivity index (χ4n) is 3.96. The molecule has 3 aromatic carbocycles. The first-order chi connectivity index (χ1) is 17.5. The van der Waals surface area contributed by atoms with Crippen molar-refractivity contribution in [3.05, 3.63) is 102 Å². The van der Waals surface area contributed by atoms with Crippen molar-refractivity contribution in [3.63, 3.8) is 0 Å². The van der Waals surface area contributed by atoms with Crippen molar-refractivity contribution < 1.29 is 14.3 Å². The predicted octanol–water partition coefficient (Wildman–Crippen LogP) is 5.71. The first-order valence-corrected chi connectivity index (χ1v) is 12.8. The van der Waals surface area contributed by atoms with E-state index in [1.165, 1.54) is 0 Å². The van der Waals surface area contributed by atoms with Gasteiger partial charge in [-0.3, -0.25) is 9.59 Å². The van der Waals surface area contributed by atoms with Crippen LogP contribution in [0.3, 0.4) is 0 Å².